The summed E-state index contributed by atoms with van der Waals surface area (Å²) in [5.74, 6) is 0.869. The number of hydrogen-bond donors (Lipinski definition) is 0. The fourth-order valence-corrected chi connectivity index (χ4v) is 2.08. The highest BCUT2D eigenvalue weighted by Crippen LogP contribution is 2.28. The van der Waals surface area contributed by atoms with E-state index in [-0.39, 0.29) is 0 Å². The lowest BCUT2D eigenvalue weighted by molar-refractivity contribution is 0.344. The van der Waals surface area contributed by atoms with Crippen LogP contribution in [0.1, 0.15) is 25.5 Å². The van der Waals surface area contributed by atoms with E-state index in [9.17, 15) is 0 Å². The SMILES string of the molecule is [CH2]COc1cc(C(C)C)n(-c2ccc(Cl)c(Cl)c2)n1. The zero-order valence-electron chi connectivity index (χ0n) is 10.9. The Kier molecular flexibility index (Phi) is 4.38. The van der Waals surface area contributed by atoms with E-state index in [0.29, 0.717) is 28.5 Å². The van der Waals surface area contributed by atoms with Gasteiger partial charge < -0.3 is 4.74 Å². The molecule has 0 unspecified atom stereocenters. The second-order valence-electron chi connectivity index (χ2n) is 4.42. The zero-order chi connectivity index (χ0) is 14.0. The second kappa shape index (κ2) is 5.85. The fourth-order valence-electron chi connectivity index (χ4n) is 1.78. The Morgan fingerprint density at radius 2 is 2.00 bits per heavy atom. The van der Waals surface area contributed by atoms with Gasteiger partial charge in [-0.3, -0.25) is 0 Å². The van der Waals surface area contributed by atoms with Crippen molar-refractivity contribution in [1.82, 2.24) is 9.78 Å². The molecule has 101 valence electrons. The molecule has 0 atom stereocenters. The number of benzene rings is 1. The van der Waals surface area contributed by atoms with Crippen molar-refractivity contribution in [2.45, 2.75) is 19.8 Å². The van der Waals surface area contributed by atoms with E-state index < -0.39 is 0 Å². The Balaban J connectivity index is 2.49. The molecule has 0 N–H and O–H groups in total. The topological polar surface area (TPSA) is 27.1 Å². The van der Waals surface area contributed by atoms with Gasteiger partial charge in [0.1, 0.15) is 0 Å². The van der Waals surface area contributed by atoms with Crippen LogP contribution >= 0.6 is 23.2 Å². The van der Waals surface area contributed by atoms with Crippen molar-refractivity contribution in [2.75, 3.05) is 6.61 Å². The van der Waals surface area contributed by atoms with Crippen molar-refractivity contribution < 1.29 is 4.74 Å². The third-order valence-electron chi connectivity index (χ3n) is 2.70. The number of rotatable bonds is 4. The molecule has 0 bridgehead atoms. The van der Waals surface area contributed by atoms with Gasteiger partial charge in [0.15, 0.2) is 0 Å². The van der Waals surface area contributed by atoms with E-state index >= 15 is 0 Å². The Morgan fingerprint density at radius 3 is 2.58 bits per heavy atom. The normalized spacial score (nSPS) is 11.1. The van der Waals surface area contributed by atoms with Gasteiger partial charge in [0, 0.05) is 6.07 Å². The molecule has 0 fully saturated rings. The minimum Gasteiger partial charge on any atom is -0.477 e. The molecule has 2 rings (SSSR count). The van der Waals surface area contributed by atoms with E-state index in [2.05, 4.69) is 25.9 Å². The molecular formula is C14H15Cl2N2O. The monoisotopic (exact) mass is 297 g/mol. The van der Waals surface area contributed by atoms with Crippen molar-refractivity contribution >= 4 is 23.2 Å². The number of nitrogens with zero attached hydrogens (tertiary/aromatic N) is 2. The van der Waals surface area contributed by atoms with E-state index in [0.717, 1.165) is 11.4 Å². The highest BCUT2D eigenvalue weighted by Gasteiger charge is 2.14. The Labute approximate surface area is 123 Å². The molecule has 0 aliphatic heterocycles. The smallest absolute Gasteiger partial charge is 0.233 e. The molecule has 5 heteroatoms. The summed E-state index contributed by atoms with van der Waals surface area (Å²) in [7, 11) is 0. The predicted octanol–water partition coefficient (Wildman–Crippen LogP) is 4.52. The van der Waals surface area contributed by atoms with Gasteiger partial charge in [-0.1, -0.05) is 37.0 Å². The van der Waals surface area contributed by atoms with Crippen LogP contribution in [0.5, 0.6) is 5.88 Å². The van der Waals surface area contributed by atoms with Gasteiger partial charge in [-0.2, -0.15) is 0 Å². The van der Waals surface area contributed by atoms with Crippen molar-refractivity contribution in [3.05, 3.63) is 46.9 Å². The summed E-state index contributed by atoms with van der Waals surface area (Å²) >= 11 is 12.0. The Bertz CT molecular complexity index is 579. The molecule has 0 spiro atoms. The Hall–Kier alpha value is -1.19. The molecule has 0 amide bonds. The molecule has 1 heterocycles. The molecule has 1 radical (unpaired) electrons. The minimum absolute atomic E-state index is 0.309. The number of hydrogen-bond acceptors (Lipinski definition) is 2. The van der Waals surface area contributed by atoms with Gasteiger partial charge >= 0.3 is 0 Å². The van der Waals surface area contributed by atoms with E-state index in [4.69, 9.17) is 27.9 Å². The first-order valence-corrected chi connectivity index (χ1v) is 6.76. The number of ether oxygens (including phenoxy) is 1. The van der Waals surface area contributed by atoms with Crippen LogP contribution in [0.4, 0.5) is 0 Å². The van der Waals surface area contributed by atoms with Crippen LogP contribution in [0, 0.1) is 6.92 Å². The lowest BCUT2D eigenvalue weighted by Gasteiger charge is -2.10. The Morgan fingerprint density at radius 1 is 1.26 bits per heavy atom. The molecule has 0 aliphatic rings. The second-order valence-corrected chi connectivity index (χ2v) is 5.24. The van der Waals surface area contributed by atoms with Crippen LogP contribution in [-0.2, 0) is 0 Å². The van der Waals surface area contributed by atoms with Gasteiger partial charge in [0.2, 0.25) is 5.88 Å². The maximum atomic E-state index is 6.05. The van der Waals surface area contributed by atoms with Crippen molar-refractivity contribution in [2.24, 2.45) is 0 Å². The zero-order valence-corrected chi connectivity index (χ0v) is 12.4. The molecule has 3 nitrogen and oxygen atoms in total. The fraction of sp³-hybridized carbons (Fsp3) is 0.286. The van der Waals surface area contributed by atoms with Crippen LogP contribution in [0.15, 0.2) is 24.3 Å². The lowest BCUT2D eigenvalue weighted by atomic mass is 10.1. The predicted molar refractivity (Wildman–Crippen MR) is 78.5 cm³/mol. The van der Waals surface area contributed by atoms with Crippen LogP contribution in [0.3, 0.4) is 0 Å². The summed E-state index contributed by atoms with van der Waals surface area (Å²) < 4.78 is 7.17. The first-order chi connectivity index (χ1) is 9.02. The van der Waals surface area contributed by atoms with Gasteiger partial charge in [-0.25, -0.2) is 4.68 Å². The average Bonchev–Trinajstić information content (AvgIpc) is 2.77. The third kappa shape index (κ3) is 3.04. The van der Waals surface area contributed by atoms with E-state index in [1.165, 1.54) is 0 Å². The molecule has 19 heavy (non-hydrogen) atoms. The van der Waals surface area contributed by atoms with Gasteiger partial charge in [-0.15, -0.1) is 5.10 Å². The highest BCUT2D eigenvalue weighted by molar-refractivity contribution is 6.42. The first kappa shape index (κ1) is 14.2. The molecule has 1 aromatic carbocycles. The highest BCUT2D eigenvalue weighted by atomic mass is 35.5. The standard InChI is InChI=1S/C14H15Cl2N2O/c1-4-19-14-8-13(9(2)3)18(17-14)10-5-6-11(15)12(16)7-10/h5-9H,1,4H2,2-3H3. The average molecular weight is 298 g/mol. The van der Waals surface area contributed by atoms with Crippen molar-refractivity contribution in [3.63, 3.8) is 0 Å². The summed E-state index contributed by atoms with van der Waals surface area (Å²) in [4.78, 5) is 0. The maximum absolute atomic E-state index is 6.05. The summed E-state index contributed by atoms with van der Waals surface area (Å²) in [6.07, 6.45) is 0. The van der Waals surface area contributed by atoms with Gasteiger partial charge in [0.05, 0.1) is 28.0 Å². The van der Waals surface area contributed by atoms with Crippen molar-refractivity contribution in [1.29, 1.82) is 0 Å². The van der Waals surface area contributed by atoms with Crippen LogP contribution in [-0.4, -0.2) is 16.4 Å². The third-order valence-corrected chi connectivity index (χ3v) is 3.44. The van der Waals surface area contributed by atoms with Crippen LogP contribution in [0.2, 0.25) is 10.0 Å². The molecule has 0 saturated carbocycles. The molecule has 1 aromatic heterocycles. The maximum Gasteiger partial charge on any atom is 0.233 e. The van der Waals surface area contributed by atoms with Crippen LogP contribution < -0.4 is 4.74 Å². The summed E-state index contributed by atoms with van der Waals surface area (Å²) in [5, 5.41) is 5.44. The first-order valence-electron chi connectivity index (χ1n) is 6.00. The number of halogens is 2. The molecule has 2 aromatic rings. The van der Waals surface area contributed by atoms with E-state index in [1.54, 1.807) is 12.1 Å². The largest absolute Gasteiger partial charge is 0.477 e. The number of aromatic nitrogens is 2. The van der Waals surface area contributed by atoms with E-state index in [1.807, 2.05) is 16.8 Å². The molecule has 0 aliphatic carbocycles. The summed E-state index contributed by atoms with van der Waals surface area (Å²) in [5.41, 5.74) is 1.90. The summed E-state index contributed by atoms with van der Waals surface area (Å²) in [6.45, 7) is 8.19. The summed E-state index contributed by atoms with van der Waals surface area (Å²) in [6, 6.07) is 7.34. The van der Waals surface area contributed by atoms with Crippen molar-refractivity contribution in [3.8, 4) is 11.6 Å². The quantitative estimate of drug-likeness (QED) is 0.830. The molecular weight excluding hydrogens is 283 g/mol. The van der Waals surface area contributed by atoms with Crippen LogP contribution in [0.25, 0.3) is 5.69 Å². The molecule has 0 saturated heterocycles. The minimum atomic E-state index is 0.309. The van der Waals surface area contributed by atoms with Gasteiger partial charge in [0.25, 0.3) is 0 Å². The van der Waals surface area contributed by atoms with Gasteiger partial charge in [-0.05, 0) is 31.0 Å². The lowest BCUT2D eigenvalue weighted by Crippen LogP contribution is -2.03.